The molecule has 13 heteroatoms. The van der Waals surface area contributed by atoms with Crippen LogP contribution in [0.1, 0.15) is 39.9 Å². The first-order valence-electron chi connectivity index (χ1n) is 8.78. The number of benzene rings is 2. The molecule has 0 heterocycles. The number of hydrogen-bond donors (Lipinski definition) is 2. The normalized spacial score (nSPS) is 14.0. The number of alkyl halides is 6. The monoisotopic (exact) mass is 554 g/mol. The molecule has 3 nitrogen and oxygen atoms in total. The van der Waals surface area contributed by atoms with Gasteiger partial charge in [0.1, 0.15) is 0 Å². The maximum atomic E-state index is 13.6. The van der Waals surface area contributed by atoms with E-state index in [0.29, 0.717) is 12.1 Å². The Labute approximate surface area is 206 Å². The number of halogens is 10. The first-order valence-corrected chi connectivity index (χ1v) is 9.91. The van der Waals surface area contributed by atoms with Crippen molar-refractivity contribution in [1.82, 2.24) is 5.32 Å². The average molecular weight is 556 g/mol. The Bertz CT molecular complexity index is 1020. The fourth-order valence-electron chi connectivity index (χ4n) is 2.75. The molecule has 0 bridgehead atoms. The Balaban J connectivity index is 0.00000544. The largest absolute Gasteiger partial charge is 0.417 e. The lowest BCUT2D eigenvalue weighted by molar-refractivity contribution is -0.139. The van der Waals surface area contributed by atoms with E-state index < -0.39 is 41.5 Å². The van der Waals surface area contributed by atoms with Crippen LogP contribution in [0.15, 0.2) is 36.4 Å². The second-order valence-electron chi connectivity index (χ2n) is 6.74. The molecule has 0 saturated carbocycles. The molecule has 1 unspecified atom stereocenters. The Kier molecular flexibility index (Phi) is 9.96. The van der Waals surface area contributed by atoms with Gasteiger partial charge >= 0.3 is 12.4 Å². The number of rotatable bonds is 5. The van der Waals surface area contributed by atoms with E-state index in [1.165, 1.54) is 6.92 Å². The highest BCUT2D eigenvalue weighted by atomic mass is 35.5. The molecule has 0 spiro atoms. The quantitative estimate of drug-likeness (QED) is 0.228. The summed E-state index contributed by atoms with van der Waals surface area (Å²) >= 11 is 17.4. The van der Waals surface area contributed by atoms with Crippen molar-refractivity contribution in [1.29, 1.82) is 0 Å². The first kappa shape index (κ1) is 29.4. The summed E-state index contributed by atoms with van der Waals surface area (Å²) in [5, 5.41) is 1.59. The van der Waals surface area contributed by atoms with Crippen LogP contribution in [0, 0.1) is 0 Å². The Morgan fingerprint density at radius 1 is 1.03 bits per heavy atom. The molecule has 2 aromatic rings. The van der Waals surface area contributed by atoms with Crippen molar-refractivity contribution >= 4 is 59.2 Å². The first-order chi connectivity index (χ1) is 14.6. The van der Waals surface area contributed by atoms with E-state index in [-0.39, 0.29) is 38.6 Å². The van der Waals surface area contributed by atoms with Crippen LogP contribution < -0.4 is 11.1 Å². The summed E-state index contributed by atoms with van der Waals surface area (Å²) in [6.07, 6.45) is -9.13. The number of carbonyl (C=O) groups excluding carboxylic acids is 1. The van der Waals surface area contributed by atoms with Crippen LogP contribution in [0.4, 0.5) is 26.3 Å². The summed E-state index contributed by atoms with van der Waals surface area (Å²) in [6.45, 7) is 1.36. The zero-order valence-corrected chi connectivity index (χ0v) is 19.6. The van der Waals surface area contributed by atoms with Crippen molar-refractivity contribution in [3.05, 3.63) is 73.7 Å². The lowest BCUT2D eigenvalue weighted by Crippen LogP contribution is -2.39. The molecule has 0 aliphatic carbocycles. The van der Waals surface area contributed by atoms with E-state index in [2.05, 4.69) is 5.32 Å². The van der Waals surface area contributed by atoms with Crippen LogP contribution in [-0.4, -0.2) is 18.2 Å². The fourth-order valence-corrected chi connectivity index (χ4v) is 3.37. The highest BCUT2D eigenvalue weighted by Crippen LogP contribution is 2.41. The molecule has 1 amide bonds. The number of allylic oxidation sites excluding steroid dienone is 1. The molecule has 0 fully saturated rings. The smallest absolute Gasteiger partial charge is 0.337 e. The van der Waals surface area contributed by atoms with Gasteiger partial charge in [0.25, 0.3) is 5.91 Å². The maximum absolute atomic E-state index is 13.6. The molecule has 0 radical (unpaired) electrons. The minimum Gasteiger partial charge on any atom is -0.337 e. The summed E-state index contributed by atoms with van der Waals surface area (Å²) in [5.41, 5.74) is 2.77. The number of hydrogen-bond acceptors (Lipinski definition) is 2. The van der Waals surface area contributed by atoms with E-state index in [1.54, 1.807) is 0 Å². The van der Waals surface area contributed by atoms with Crippen molar-refractivity contribution in [2.24, 2.45) is 5.73 Å². The van der Waals surface area contributed by atoms with Crippen molar-refractivity contribution in [2.75, 3.05) is 0 Å². The molecular formula is C20H16Cl4F6N2O. The van der Waals surface area contributed by atoms with E-state index in [0.717, 1.165) is 30.3 Å². The minimum atomic E-state index is -4.94. The van der Waals surface area contributed by atoms with Crippen molar-refractivity contribution in [2.45, 2.75) is 31.4 Å². The molecule has 2 atom stereocenters. The van der Waals surface area contributed by atoms with Crippen LogP contribution in [0.2, 0.25) is 15.1 Å². The molecule has 3 N–H and O–H groups in total. The van der Waals surface area contributed by atoms with Gasteiger partial charge in [0.2, 0.25) is 0 Å². The summed E-state index contributed by atoms with van der Waals surface area (Å²) in [5.74, 6) is -3.30. The van der Waals surface area contributed by atoms with Gasteiger partial charge in [-0.15, -0.1) is 12.4 Å². The van der Waals surface area contributed by atoms with E-state index >= 15 is 0 Å². The highest BCUT2D eigenvalue weighted by molar-refractivity contribution is 6.48. The lowest BCUT2D eigenvalue weighted by Gasteiger charge is -2.19. The Hall–Kier alpha value is -1.65. The van der Waals surface area contributed by atoms with Gasteiger partial charge in [-0.1, -0.05) is 53.0 Å². The third-order valence-electron chi connectivity index (χ3n) is 4.15. The zero-order valence-electron chi connectivity index (χ0n) is 16.5. The minimum absolute atomic E-state index is 0. The molecule has 0 saturated heterocycles. The standard InChI is InChI=1S/C20H15Cl3F6N2O.ClH/c1-9(30)31-18(32)12-4-2-10(6-14(12)20(27,28)29)3-5-13(19(24,25)26)11-7-15(21)17(23)16(22)8-11;/h2-9,13H,30H2,1H3,(H,31,32);1H/t9-,13?;/m1./s1. The van der Waals surface area contributed by atoms with Crippen LogP contribution in [-0.2, 0) is 6.18 Å². The molecule has 182 valence electrons. The van der Waals surface area contributed by atoms with E-state index in [1.807, 2.05) is 0 Å². The Morgan fingerprint density at radius 2 is 1.58 bits per heavy atom. The van der Waals surface area contributed by atoms with Gasteiger partial charge in [0.15, 0.2) is 0 Å². The zero-order chi connectivity index (χ0) is 24.4. The van der Waals surface area contributed by atoms with Gasteiger partial charge in [0, 0.05) is 0 Å². The summed E-state index contributed by atoms with van der Waals surface area (Å²) < 4.78 is 81.2. The van der Waals surface area contributed by atoms with Crippen molar-refractivity contribution in [3.63, 3.8) is 0 Å². The second kappa shape index (κ2) is 11.2. The maximum Gasteiger partial charge on any atom is 0.417 e. The number of amides is 1. The highest BCUT2D eigenvalue weighted by Gasteiger charge is 2.40. The second-order valence-corrected chi connectivity index (χ2v) is 7.93. The van der Waals surface area contributed by atoms with Crippen LogP contribution in [0.3, 0.4) is 0 Å². The average Bonchev–Trinajstić information content (AvgIpc) is 2.63. The molecule has 33 heavy (non-hydrogen) atoms. The van der Waals surface area contributed by atoms with Crippen molar-refractivity contribution < 1.29 is 31.1 Å². The topological polar surface area (TPSA) is 55.1 Å². The summed E-state index contributed by atoms with van der Waals surface area (Å²) in [6, 6.07) is 4.46. The molecular weight excluding hydrogens is 540 g/mol. The SMILES string of the molecule is C[C@H](N)NC(=O)c1ccc(C=CC(c2cc(Cl)c(Cl)c(Cl)c2)C(F)(F)F)cc1C(F)(F)F.Cl. The molecule has 0 aliphatic heterocycles. The lowest BCUT2D eigenvalue weighted by atomic mass is 9.96. The molecule has 2 rings (SSSR count). The third kappa shape index (κ3) is 7.68. The van der Waals surface area contributed by atoms with E-state index in [4.69, 9.17) is 40.5 Å². The van der Waals surface area contributed by atoms with Gasteiger partial charge in [-0.2, -0.15) is 26.3 Å². The van der Waals surface area contributed by atoms with Gasteiger partial charge < -0.3 is 11.1 Å². The fraction of sp³-hybridized carbons (Fsp3) is 0.250. The molecule has 0 aromatic heterocycles. The van der Waals surface area contributed by atoms with Crippen LogP contribution in [0.25, 0.3) is 6.08 Å². The van der Waals surface area contributed by atoms with Gasteiger partial charge in [0.05, 0.1) is 38.3 Å². The number of carbonyl (C=O) groups is 1. The predicted octanol–water partition coefficient (Wildman–Crippen LogP) is 7.48. The summed E-state index contributed by atoms with van der Waals surface area (Å²) in [7, 11) is 0. The number of nitrogens with two attached hydrogens (primary N) is 1. The molecule has 0 aliphatic rings. The third-order valence-corrected chi connectivity index (χ3v) is 5.35. The van der Waals surface area contributed by atoms with Gasteiger partial charge in [-0.05, 0) is 42.3 Å². The Morgan fingerprint density at radius 3 is 2.03 bits per heavy atom. The van der Waals surface area contributed by atoms with Crippen LogP contribution >= 0.6 is 47.2 Å². The van der Waals surface area contributed by atoms with Crippen LogP contribution in [0.5, 0.6) is 0 Å². The number of nitrogens with one attached hydrogen (secondary N) is 1. The van der Waals surface area contributed by atoms with Crippen molar-refractivity contribution in [3.8, 4) is 0 Å². The molecule has 2 aromatic carbocycles. The van der Waals surface area contributed by atoms with E-state index in [9.17, 15) is 31.1 Å². The van der Waals surface area contributed by atoms with Gasteiger partial charge in [-0.25, -0.2) is 0 Å². The van der Waals surface area contributed by atoms with Gasteiger partial charge in [-0.3, -0.25) is 4.79 Å². The predicted molar refractivity (Wildman–Crippen MR) is 119 cm³/mol. The summed E-state index contributed by atoms with van der Waals surface area (Å²) in [4.78, 5) is 12.0.